The van der Waals surface area contributed by atoms with Gasteiger partial charge in [0.2, 0.25) is 11.8 Å². The van der Waals surface area contributed by atoms with E-state index in [-0.39, 0.29) is 47.7 Å². The highest BCUT2D eigenvalue weighted by Crippen LogP contribution is 2.62. The number of rotatable bonds is 12. The third kappa shape index (κ3) is 7.72. The molecule has 4 bridgehead atoms. The summed E-state index contributed by atoms with van der Waals surface area (Å²) in [6.07, 6.45) is 12.6. The predicted octanol–water partition coefficient (Wildman–Crippen LogP) is 10.9. The van der Waals surface area contributed by atoms with Crippen molar-refractivity contribution in [2.75, 3.05) is 20.8 Å². The van der Waals surface area contributed by atoms with Crippen LogP contribution in [0, 0.1) is 23.7 Å². The van der Waals surface area contributed by atoms with Crippen LogP contribution in [0.5, 0.6) is 0 Å². The van der Waals surface area contributed by atoms with E-state index in [0.717, 1.165) is 47.9 Å². The largest absolute Gasteiger partial charge is 0.453 e. The Morgan fingerprint density at radius 1 is 0.583 bits per heavy atom. The molecule has 7 aliphatic rings. The zero-order valence-corrected chi connectivity index (χ0v) is 42.6. The van der Waals surface area contributed by atoms with E-state index in [4.69, 9.17) is 19.4 Å². The van der Waals surface area contributed by atoms with Gasteiger partial charge in [0.05, 0.1) is 50.1 Å². The highest BCUT2D eigenvalue weighted by atomic mass is 16.5. The van der Waals surface area contributed by atoms with Crippen LogP contribution < -0.4 is 10.6 Å². The van der Waals surface area contributed by atoms with Crippen LogP contribution in [0.4, 0.5) is 9.59 Å². The Hall–Kier alpha value is -6.44. The third-order valence-corrected chi connectivity index (χ3v) is 17.9. The van der Waals surface area contributed by atoms with Gasteiger partial charge in [-0.2, -0.15) is 0 Å². The topological polar surface area (TPSA) is 175 Å². The first-order valence-corrected chi connectivity index (χ1v) is 26.7. The number of alkyl carbamates (subject to hydrolysis) is 2. The van der Waals surface area contributed by atoms with Gasteiger partial charge in [0.1, 0.15) is 23.7 Å². The lowest BCUT2D eigenvalue weighted by Gasteiger charge is -2.32. The van der Waals surface area contributed by atoms with Crippen LogP contribution in [0.3, 0.4) is 0 Å². The standard InChI is InChI=1S/C58H68N8O6/c1-28(2)51(63-57(69)71-6)55(67)65-27-30(5)20-45(65)53-59-25-42(61-53)32-10-8-31(9-11-32)38-16-17-39(48-34-13-12-33(21-34)47(38)48)40-18-19-41(50-36-15-14-35(22-36)49(40)50)43-26-60-54(62-43)46-24-37-23-44(37)66(46)56(68)52(29(3)4)64-58(70)72-7/h8-11,16-19,25-26,28-30,33-37,44-46,51-52H,12-15,20-24,27H2,1-7H3,(H,59,61)(H,60,62)(H,63,69)(H,64,70)/t30?,33?,34?,35?,36?,37?,44?,45-,46-,51-,52-/m0/s1. The van der Waals surface area contributed by atoms with Gasteiger partial charge in [0.15, 0.2) is 0 Å². The zero-order valence-electron chi connectivity index (χ0n) is 42.6. The Morgan fingerprint density at radius 2 is 1.07 bits per heavy atom. The van der Waals surface area contributed by atoms with E-state index < -0.39 is 24.3 Å². The minimum Gasteiger partial charge on any atom is -0.453 e. The molecule has 14 nitrogen and oxygen atoms in total. The van der Waals surface area contributed by atoms with Crippen molar-refractivity contribution in [3.63, 3.8) is 0 Å². The zero-order chi connectivity index (χ0) is 49.9. The van der Waals surface area contributed by atoms with Gasteiger partial charge in [-0.25, -0.2) is 19.6 Å². The number of hydrogen-bond donors (Lipinski definition) is 4. The Bertz CT molecular complexity index is 2970. The highest BCUT2D eigenvalue weighted by molar-refractivity contribution is 5.89. The number of nitrogens with one attached hydrogen (secondary N) is 4. The fourth-order valence-electron chi connectivity index (χ4n) is 14.4. The van der Waals surface area contributed by atoms with Gasteiger partial charge >= 0.3 is 12.2 Å². The summed E-state index contributed by atoms with van der Waals surface area (Å²) >= 11 is 0. The van der Waals surface area contributed by atoms with Crippen LogP contribution in [-0.2, 0) is 19.1 Å². The van der Waals surface area contributed by atoms with E-state index in [1.807, 2.05) is 49.9 Å². The maximum atomic E-state index is 14.2. The number of piperidine rings is 1. The molecule has 4 heterocycles. The second-order valence-corrected chi connectivity index (χ2v) is 23.0. The SMILES string of the molecule is COC(=O)N[C@H](C(=O)N1CC(C)C[C@H]1c1ncc(-c2ccc(-c3ccc(-c4ccc(-c5cnc([C@@H]6CC7CC7N6C(=O)[C@@H](NC(=O)OC)C(C)C)[nH]5)c5c4C4CCC5C4)c4c3C3CCC4C3)cc2)[nH]1)C(C)C. The lowest BCUT2D eigenvalue weighted by Crippen LogP contribution is -2.52. The number of amides is 4. The van der Waals surface area contributed by atoms with Gasteiger partial charge < -0.3 is 39.9 Å². The number of nitrogens with zero attached hydrogens (tertiary/aromatic N) is 4. The van der Waals surface area contributed by atoms with Crippen molar-refractivity contribution < 1.29 is 28.7 Å². The number of aromatic amines is 2. The molecule has 5 aliphatic carbocycles. The molecule has 3 saturated carbocycles. The van der Waals surface area contributed by atoms with Crippen molar-refractivity contribution >= 4 is 24.0 Å². The van der Waals surface area contributed by atoms with Gasteiger partial charge in [-0.05, 0) is 155 Å². The maximum Gasteiger partial charge on any atom is 0.407 e. The summed E-state index contributed by atoms with van der Waals surface area (Å²) in [5.41, 5.74) is 15.7. The van der Waals surface area contributed by atoms with Crippen molar-refractivity contribution in [3.8, 4) is 44.8 Å². The minimum absolute atomic E-state index is 0.0647. The number of carbonyl (C=O) groups is 4. The summed E-state index contributed by atoms with van der Waals surface area (Å²) in [5, 5.41) is 5.56. The molecule has 0 spiro atoms. The molecule has 11 atom stereocenters. The number of fused-ring (bicyclic) bond motifs is 11. The molecule has 4 N–H and O–H groups in total. The van der Waals surface area contributed by atoms with Crippen molar-refractivity contribution in [3.05, 3.63) is 94.8 Å². The number of carbonyl (C=O) groups excluding carboxylic acids is 4. The molecule has 7 unspecified atom stereocenters. The first-order chi connectivity index (χ1) is 34.8. The number of imidazole rings is 2. The van der Waals surface area contributed by atoms with Crippen LogP contribution in [-0.4, -0.2) is 92.6 Å². The normalized spacial score (nSPS) is 27.0. The quantitative estimate of drug-likeness (QED) is 0.0955. The molecule has 12 rings (SSSR count). The van der Waals surface area contributed by atoms with E-state index in [1.54, 1.807) is 5.56 Å². The highest BCUT2D eigenvalue weighted by Gasteiger charge is 2.56. The fraction of sp³-hybridized carbons (Fsp3) is 0.517. The number of hydrogen-bond acceptors (Lipinski definition) is 8. The molecule has 2 saturated heterocycles. The molecule has 5 fully saturated rings. The Balaban J connectivity index is 0.821. The molecule has 14 heteroatoms. The van der Waals surface area contributed by atoms with Gasteiger partial charge in [0.25, 0.3) is 0 Å². The molecular weight excluding hydrogens is 905 g/mol. The van der Waals surface area contributed by atoms with Gasteiger partial charge in [-0.1, -0.05) is 83.1 Å². The summed E-state index contributed by atoms with van der Waals surface area (Å²) in [6, 6.07) is 16.9. The molecule has 2 aliphatic heterocycles. The maximum absolute atomic E-state index is 14.2. The van der Waals surface area contributed by atoms with Crippen molar-refractivity contribution in [2.24, 2.45) is 23.7 Å². The predicted molar refractivity (Wildman–Crippen MR) is 274 cm³/mol. The van der Waals surface area contributed by atoms with Crippen molar-refractivity contribution in [2.45, 2.75) is 146 Å². The number of methoxy groups -OCH3 is 2. The van der Waals surface area contributed by atoms with E-state index in [2.05, 4.69) is 76.1 Å². The summed E-state index contributed by atoms with van der Waals surface area (Å²) in [4.78, 5) is 73.6. The van der Waals surface area contributed by atoms with Gasteiger partial charge in [-0.3, -0.25) is 9.59 Å². The monoisotopic (exact) mass is 973 g/mol. The van der Waals surface area contributed by atoms with Crippen LogP contribution >= 0.6 is 0 Å². The number of ether oxygens (including phenoxy) is 2. The Kier molecular flexibility index (Phi) is 11.6. The summed E-state index contributed by atoms with van der Waals surface area (Å²) < 4.78 is 9.73. The second kappa shape index (κ2) is 17.9. The molecule has 376 valence electrons. The Labute approximate surface area is 421 Å². The summed E-state index contributed by atoms with van der Waals surface area (Å²) in [6.45, 7) is 10.5. The molecule has 72 heavy (non-hydrogen) atoms. The molecule has 2 aromatic heterocycles. The summed E-state index contributed by atoms with van der Waals surface area (Å²) in [5.74, 6) is 4.11. The number of aromatic nitrogens is 4. The van der Waals surface area contributed by atoms with E-state index in [0.29, 0.717) is 36.1 Å². The first kappa shape index (κ1) is 46.6. The van der Waals surface area contributed by atoms with Crippen LogP contribution in [0.25, 0.3) is 44.8 Å². The lowest BCUT2D eigenvalue weighted by atomic mass is 9.77. The Morgan fingerprint density at radius 3 is 1.65 bits per heavy atom. The fourth-order valence-corrected chi connectivity index (χ4v) is 14.4. The van der Waals surface area contributed by atoms with Gasteiger partial charge in [-0.15, -0.1) is 0 Å². The van der Waals surface area contributed by atoms with E-state index in [9.17, 15) is 19.2 Å². The van der Waals surface area contributed by atoms with Gasteiger partial charge in [0, 0.05) is 18.2 Å². The molecule has 5 aromatic rings. The number of likely N-dealkylation sites (tertiary alicyclic amines) is 2. The first-order valence-electron chi connectivity index (χ1n) is 26.7. The van der Waals surface area contributed by atoms with Crippen LogP contribution in [0.2, 0.25) is 0 Å². The second-order valence-electron chi connectivity index (χ2n) is 23.0. The van der Waals surface area contributed by atoms with E-state index in [1.165, 1.54) is 97.3 Å². The molecule has 3 aromatic carbocycles. The molecular formula is C58H68N8O6. The van der Waals surface area contributed by atoms with Crippen LogP contribution in [0.1, 0.15) is 162 Å². The smallest absolute Gasteiger partial charge is 0.407 e. The van der Waals surface area contributed by atoms with Crippen molar-refractivity contribution in [1.29, 1.82) is 0 Å². The van der Waals surface area contributed by atoms with Crippen molar-refractivity contribution in [1.82, 2.24) is 40.4 Å². The average Bonchev–Trinajstić information content (AvgIpc) is 4.22. The third-order valence-electron chi connectivity index (χ3n) is 17.9. The lowest BCUT2D eigenvalue weighted by molar-refractivity contribution is -0.137. The molecule has 0 radical (unpaired) electrons. The van der Waals surface area contributed by atoms with Crippen LogP contribution in [0.15, 0.2) is 60.9 Å². The number of H-pyrrole nitrogens is 2. The van der Waals surface area contributed by atoms with E-state index >= 15 is 0 Å². The average molecular weight is 973 g/mol. The minimum atomic E-state index is -0.693. The molecule has 4 amide bonds. The number of benzene rings is 3. The summed E-state index contributed by atoms with van der Waals surface area (Å²) in [7, 11) is 2.64.